The Morgan fingerprint density at radius 3 is 3.00 bits per heavy atom. The van der Waals surface area contributed by atoms with Crippen LogP contribution in [-0.4, -0.2) is 32.2 Å². The van der Waals surface area contributed by atoms with Gasteiger partial charge < -0.3 is 10.5 Å². The van der Waals surface area contributed by atoms with Crippen LogP contribution in [0.4, 0.5) is 5.95 Å². The molecule has 0 saturated heterocycles. The molecule has 0 atom stereocenters. The molecule has 0 aliphatic heterocycles. The van der Waals surface area contributed by atoms with E-state index in [1.807, 2.05) is 19.1 Å². The van der Waals surface area contributed by atoms with E-state index in [0.717, 1.165) is 16.8 Å². The van der Waals surface area contributed by atoms with E-state index in [1.54, 1.807) is 23.7 Å². The van der Waals surface area contributed by atoms with Crippen LogP contribution in [0, 0.1) is 6.92 Å². The number of nitrogens with two attached hydrogens (primary N) is 1. The molecule has 0 aromatic carbocycles. The van der Waals surface area contributed by atoms with Crippen LogP contribution < -0.4 is 5.73 Å². The van der Waals surface area contributed by atoms with Gasteiger partial charge in [0.05, 0.1) is 12.2 Å². The minimum absolute atomic E-state index is 0.215. The topological polar surface area (TPSA) is 95.4 Å². The standard InChI is InChI=1S/C15H15N5O2/c1-3-22-14(21)11-6-12(9(2)17-8-11)10-4-5-20-13(7-10)18-15(16)19-20/h4-8H,3H2,1-2H3,(H2,16,19). The first-order chi connectivity index (χ1) is 10.6. The van der Waals surface area contributed by atoms with Crippen molar-refractivity contribution < 1.29 is 9.53 Å². The number of hydrogen-bond donors (Lipinski definition) is 1. The van der Waals surface area contributed by atoms with Crippen molar-refractivity contribution in [2.24, 2.45) is 0 Å². The fourth-order valence-corrected chi connectivity index (χ4v) is 2.22. The van der Waals surface area contributed by atoms with Gasteiger partial charge in [-0.3, -0.25) is 4.98 Å². The number of carbonyl (C=O) groups is 1. The molecule has 0 radical (unpaired) electrons. The summed E-state index contributed by atoms with van der Waals surface area (Å²) in [6.45, 7) is 3.98. The van der Waals surface area contributed by atoms with E-state index >= 15 is 0 Å². The van der Waals surface area contributed by atoms with E-state index in [1.165, 1.54) is 6.20 Å². The predicted molar refractivity (Wildman–Crippen MR) is 81.3 cm³/mol. The highest BCUT2D eigenvalue weighted by atomic mass is 16.5. The Hall–Kier alpha value is -2.96. The number of ether oxygens (including phenoxy) is 1. The lowest BCUT2D eigenvalue weighted by atomic mass is 10.0. The van der Waals surface area contributed by atoms with Crippen LogP contribution in [0.2, 0.25) is 0 Å². The van der Waals surface area contributed by atoms with Gasteiger partial charge in [-0.1, -0.05) is 0 Å². The van der Waals surface area contributed by atoms with E-state index < -0.39 is 0 Å². The SMILES string of the molecule is CCOC(=O)c1cnc(C)c(-c2ccn3nc(N)nc3c2)c1. The molecule has 0 aliphatic carbocycles. The van der Waals surface area contributed by atoms with Gasteiger partial charge in [-0.05, 0) is 37.6 Å². The van der Waals surface area contributed by atoms with Gasteiger partial charge in [-0.2, -0.15) is 4.98 Å². The number of pyridine rings is 2. The van der Waals surface area contributed by atoms with Crippen molar-refractivity contribution in [3.05, 3.63) is 41.9 Å². The van der Waals surface area contributed by atoms with Crippen LogP contribution in [0.15, 0.2) is 30.6 Å². The van der Waals surface area contributed by atoms with Gasteiger partial charge in [0, 0.05) is 23.7 Å². The lowest BCUT2D eigenvalue weighted by molar-refractivity contribution is 0.0526. The summed E-state index contributed by atoms with van der Waals surface area (Å²) in [5.74, 6) is -0.170. The number of nitrogens with zero attached hydrogens (tertiary/aromatic N) is 4. The number of nitrogen functional groups attached to an aromatic ring is 1. The number of anilines is 1. The first kappa shape index (κ1) is 14.0. The summed E-state index contributed by atoms with van der Waals surface area (Å²) in [7, 11) is 0. The maximum absolute atomic E-state index is 11.9. The van der Waals surface area contributed by atoms with Crippen molar-refractivity contribution in [2.45, 2.75) is 13.8 Å². The predicted octanol–water partition coefficient (Wildman–Crippen LogP) is 1.86. The normalized spacial score (nSPS) is 10.8. The molecule has 3 aromatic heterocycles. The maximum atomic E-state index is 11.9. The van der Waals surface area contributed by atoms with Gasteiger partial charge in [0.1, 0.15) is 0 Å². The zero-order valence-electron chi connectivity index (χ0n) is 12.3. The lowest BCUT2D eigenvalue weighted by Crippen LogP contribution is -2.06. The second-order valence-electron chi connectivity index (χ2n) is 4.77. The van der Waals surface area contributed by atoms with E-state index in [-0.39, 0.29) is 11.9 Å². The van der Waals surface area contributed by atoms with Crippen molar-refractivity contribution in [2.75, 3.05) is 12.3 Å². The van der Waals surface area contributed by atoms with Crippen LogP contribution in [0.5, 0.6) is 0 Å². The number of fused-ring (bicyclic) bond motifs is 1. The van der Waals surface area contributed by atoms with Crippen LogP contribution in [0.25, 0.3) is 16.8 Å². The average molecular weight is 297 g/mol. The molecule has 2 N–H and O–H groups in total. The fourth-order valence-electron chi connectivity index (χ4n) is 2.22. The number of aryl methyl sites for hydroxylation is 1. The Morgan fingerprint density at radius 2 is 2.23 bits per heavy atom. The van der Waals surface area contributed by atoms with Crippen molar-refractivity contribution in [1.29, 1.82) is 0 Å². The molecule has 0 saturated carbocycles. The third-order valence-corrected chi connectivity index (χ3v) is 3.26. The number of esters is 1. The number of aromatic nitrogens is 4. The van der Waals surface area contributed by atoms with Gasteiger partial charge >= 0.3 is 5.97 Å². The Balaban J connectivity index is 2.08. The third-order valence-electron chi connectivity index (χ3n) is 3.26. The Morgan fingerprint density at radius 1 is 1.41 bits per heavy atom. The summed E-state index contributed by atoms with van der Waals surface area (Å²) >= 11 is 0. The summed E-state index contributed by atoms with van der Waals surface area (Å²) < 4.78 is 6.60. The van der Waals surface area contributed by atoms with Crippen molar-refractivity contribution >= 4 is 17.6 Å². The smallest absolute Gasteiger partial charge is 0.339 e. The summed E-state index contributed by atoms with van der Waals surface area (Å²) in [4.78, 5) is 20.3. The van der Waals surface area contributed by atoms with E-state index in [9.17, 15) is 4.79 Å². The Labute approximate surface area is 126 Å². The summed E-state index contributed by atoms with van der Waals surface area (Å²) in [5.41, 5.74) is 9.18. The molecule has 0 bridgehead atoms. The molecule has 0 fully saturated rings. The maximum Gasteiger partial charge on any atom is 0.339 e. The summed E-state index contributed by atoms with van der Waals surface area (Å²) in [6.07, 6.45) is 3.29. The largest absolute Gasteiger partial charge is 0.462 e. The minimum atomic E-state index is -0.385. The minimum Gasteiger partial charge on any atom is -0.462 e. The molecule has 112 valence electrons. The second kappa shape index (κ2) is 5.44. The van der Waals surface area contributed by atoms with E-state index in [4.69, 9.17) is 10.5 Å². The number of hydrogen-bond acceptors (Lipinski definition) is 6. The van der Waals surface area contributed by atoms with Crippen LogP contribution in [0.1, 0.15) is 23.0 Å². The number of carbonyl (C=O) groups excluding carboxylic acids is 1. The molecule has 0 aliphatic rings. The molecule has 3 aromatic rings. The van der Waals surface area contributed by atoms with Gasteiger partial charge in [0.2, 0.25) is 5.95 Å². The second-order valence-corrected chi connectivity index (χ2v) is 4.77. The van der Waals surface area contributed by atoms with Crippen molar-refractivity contribution in [3.63, 3.8) is 0 Å². The molecule has 3 rings (SSSR count). The average Bonchev–Trinajstić information content (AvgIpc) is 2.87. The summed E-state index contributed by atoms with van der Waals surface area (Å²) in [5, 5.41) is 4.03. The highest BCUT2D eigenvalue weighted by Gasteiger charge is 2.12. The first-order valence-electron chi connectivity index (χ1n) is 6.84. The van der Waals surface area contributed by atoms with Crippen molar-refractivity contribution in [3.8, 4) is 11.1 Å². The van der Waals surface area contributed by atoms with E-state index in [2.05, 4.69) is 15.1 Å². The highest BCUT2D eigenvalue weighted by molar-refractivity contribution is 5.91. The van der Waals surface area contributed by atoms with Gasteiger partial charge in [0.15, 0.2) is 5.65 Å². The molecule has 3 heterocycles. The van der Waals surface area contributed by atoms with Gasteiger partial charge in [-0.25, -0.2) is 9.31 Å². The number of rotatable bonds is 3. The molecule has 0 unspecified atom stereocenters. The first-order valence-corrected chi connectivity index (χ1v) is 6.84. The van der Waals surface area contributed by atoms with E-state index in [0.29, 0.717) is 17.8 Å². The molecular formula is C15H15N5O2. The highest BCUT2D eigenvalue weighted by Crippen LogP contribution is 2.24. The van der Waals surface area contributed by atoms with Crippen LogP contribution in [-0.2, 0) is 4.74 Å². The monoisotopic (exact) mass is 297 g/mol. The van der Waals surface area contributed by atoms with Crippen LogP contribution >= 0.6 is 0 Å². The molecular weight excluding hydrogens is 282 g/mol. The lowest BCUT2D eigenvalue weighted by Gasteiger charge is -2.08. The zero-order valence-corrected chi connectivity index (χ0v) is 12.3. The molecule has 0 amide bonds. The van der Waals surface area contributed by atoms with Crippen molar-refractivity contribution in [1.82, 2.24) is 19.6 Å². The Kier molecular flexibility index (Phi) is 3.46. The molecule has 7 nitrogen and oxygen atoms in total. The van der Waals surface area contributed by atoms with Gasteiger partial charge in [0.25, 0.3) is 0 Å². The third kappa shape index (κ3) is 2.48. The molecule has 0 spiro atoms. The molecule has 7 heteroatoms. The quantitative estimate of drug-likeness (QED) is 0.741. The fraction of sp³-hybridized carbons (Fsp3) is 0.200. The Bertz CT molecular complexity index is 856. The van der Waals surface area contributed by atoms with Crippen LogP contribution in [0.3, 0.4) is 0 Å². The van der Waals surface area contributed by atoms with Gasteiger partial charge in [-0.15, -0.1) is 5.10 Å². The summed E-state index contributed by atoms with van der Waals surface area (Å²) in [6, 6.07) is 5.49. The zero-order chi connectivity index (χ0) is 15.7. The molecule has 22 heavy (non-hydrogen) atoms.